The van der Waals surface area contributed by atoms with Crippen LogP contribution in [0.4, 0.5) is 4.79 Å². The van der Waals surface area contributed by atoms with Crippen molar-refractivity contribution < 1.29 is 32.4 Å². The van der Waals surface area contributed by atoms with Crippen LogP contribution in [0.1, 0.15) is 100 Å². The van der Waals surface area contributed by atoms with E-state index in [4.69, 9.17) is 6.42 Å². The maximum atomic E-state index is 14.3. The highest BCUT2D eigenvalue weighted by molar-refractivity contribution is 7.92. The molecule has 264 valence electrons. The average Bonchev–Trinajstić information content (AvgIpc) is 3.27. The summed E-state index contributed by atoms with van der Waals surface area (Å²) in [5.74, 6) is -0.606. The van der Waals surface area contributed by atoms with Crippen molar-refractivity contribution in [2.45, 2.75) is 129 Å². The Morgan fingerprint density at radius 1 is 0.979 bits per heavy atom. The molecule has 3 aliphatic rings. The molecule has 3 rings (SSSR count). The minimum Gasteiger partial charge on any atom is -0.353 e. The van der Waals surface area contributed by atoms with Gasteiger partial charge in [-0.05, 0) is 62.7 Å². The van der Waals surface area contributed by atoms with Crippen LogP contribution in [0.25, 0.3) is 0 Å². The number of amides is 5. The molecular weight excluding hydrogens is 622 g/mol. The van der Waals surface area contributed by atoms with Crippen LogP contribution < -0.4 is 21.3 Å². The minimum atomic E-state index is -3.57. The van der Waals surface area contributed by atoms with Crippen molar-refractivity contribution >= 4 is 39.4 Å². The Bertz CT molecular complexity index is 1400. The number of piperidine rings is 1. The lowest BCUT2D eigenvalue weighted by molar-refractivity contribution is -0.145. The number of sulfone groups is 1. The number of carbonyl (C=O) groups excluding carboxylic acids is 5. The molecule has 2 saturated carbocycles. The lowest BCUT2D eigenvalue weighted by Crippen LogP contribution is -2.64. The summed E-state index contributed by atoms with van der Waals surface area (Å²) in [6.45, 7) is 14.7. The normalized spacial score (nSPS) is 24.5. The van der Waals surface area contributed by atoms with Crippen molar-refractivity contribution in [2.24, 2.45) is 22.7 Å². The van der Waals surface area contributed by atoms with Crippen LogP contribution >= 0.6 is 0 Å². The third-order valence-corrected chi connectivity index (χ3v) is 13.2. The van der Waals surface area contributed by atoms with Gasteiger partial charge >= 0.3 is 6.03 Å². The summed E-state index contributed by atoms with van der Waals surface area (Å²) in [5.41, 5.74) is -1.97. The molecular formula is C34H55N5O7S. The highest BCUT2D eigenvalue weighted by Crippen LogP contribution is 2.65. The van der Waals surface area contributed by atoms with Gasteiger partial charge in [-0.25, -0.2) is 13.2 Å². The number of hydrogen-bond donors (Lipinski definition) is 4. The largest absolute Gasteiger partial charge is 0.353 e. The van der Waals surface area contributed by atoms with Crippen molar-refractivity contribution in [3.8, 4) is 12.3 Å². The summed E-state index contributed by atoms with van der Waals surface area (Å²) in [5, 5.41) is 10.8. The molecule has 5 atom stereocenters. The van der Waals surface area contributed by atoms with E-state index in [0.29, 0.717) is 12.8 Å². The maximum absolute atomic E-state index is 14.3. The van der Waals surface area contributed by atoms with E-state index >= 15 is 0 Å². The van der Waals surface area contributed by atoms with Crippen LogP contribution in [0, 0.1) is 35.0 Å². The predicted molar refractivity (Wildman–Crippen MR) is 180 cm³/mol. The first-order chi connectivity index (χ1) is 21.5. The fourth-order valence-electron chi connectivity index (χ4n) is 7.18. The summed E-state index contributed by atoms with van der Waals surface area (Å²) in [6, 6.07) is -3.78. The smallest absolute Gasteiger partial charge is 0.315 e. The Hall–Kier alpha value is -3.14. The zero-order chi connectivity index (χ0) is 35.8. The van der Waals surface area contributed by atoms with Crippen LogP contribution in [0.3, 0.4) is 0 Å². The molecule has 47 heavy (non-hydrogen) atoms. The highest BCUT2D eigenvalue weighted by Gasteiger charge is 2.70. The Morgan fingerprint density at radius 3 is 2.09 bits per heavy atom. The monoisotopic (exact) mass is 677 g/mol. The predicted octanol–water partition coefficient (Wildman–Crippen LogP) is 2.31. The van der Waals surface area contributed by atoms with Crippen LogP contribution in [0.2, 0.25) is 0 Å². The zero-order valence-corrected chi connectivity index (χ0v) is 30.4. The van der Waals surface area contributed by atoms with E-state index in [1.165, 1.54) is 11.9 Å². The Balaban J connectivity index is 1.87. The van der Waals surface area contributed by atoms with Crippen LogP contribution in [0.15, 0.2) is 0 Å². The van der Waals surface area contributed by atoms with Gasteiger partial charge in [0.15, 0.2) is 9.84 Å². The van der Waals surface area contributed by atoms with Gasteiger partial charge in [0.2, 0.25) is 17.6 Å². The van der Waals surface area contributed by atoms with Gasteiger partial charge in [-0.15, -0.1) is 12.3 Å². The molecule has 0 radical (unpaired) electrons. The van der Waals surface area contributed by atoms with Crippen molar-refractivity contribution in [1.29, 1.82) is 0 Å². The third-order valence-electron chi connectivity index (χ3n) is 10.4. The number of hydrogen-bond acceptors (Lipinski definition) is 7. The molecule has 0 bridgehead atoms. The molecule has 13 heteroatoms. The molecule has 0 spiro atoms. The standard InChI is InChI=1S/C34H55N5O7S/c1-11-12-16-22(25(40)28(42)35-10)36-27(41)24-23-21(33(23,8)9)19-39(24)29(43)26(31(2,3)4)37-30(44)38-34(17-14-13-15-18-34)20-47(45,46)32(5,6)7/h1,21-24,26H,12-20H2,2-10H3,(H,35,42)(H,36,41)(H2,37,38,44)/t21?,22?,23-,24?,26-/m1/s1. The number of Topliss-reactive ketones (excluding diaryl/α,β-unsaturated/α-hetero) is 1. The first-order valence-electron chi connectivity index (χ1n) is 16.6. The second kappa shape index (κ2) is 13.8. The lowest BCUT2D eigenvalue weighted by atomic mass is 9.83. The molecule has 1 aliphatic heterocycles. The number of ketones is 1. The second-order valence-corrected chi connectivity index (χ2v) is 19.0. The average molecular weight is 678 g/mol. The molecule has 5 amide bonds. The Kier molecular flexibility index (Phi) is 11.2. The molecule has 0 aromatic carbocycles. The van der Waals surface area contributed by atoms with Gasteiger partial charge < -0.3 is 26.2 Å². The van der Waals surface area contributed by atoms with E-state index in [1.54, 1.807) is 20.8 Å². The first-order valence-corrected chi connectivity index (χ1v) is 18.3. The lowest BCUT2D eigenvalue weighted by Gasteiger charge is -2.41. The van der Waals surface area contributed by atoms with Gasteiger partial charge in [0.25, 0.3) is 5.91 Å². The molecule has 0 aromatic rings. The fraction of sp³-hybridized carbons (Fsp3) is 0.794. The van der Waals surface area contributed by atoms with E-state index in [9.17, 15) is 32.4 Å². The van der Waals surface area contributed by atoms with Gasteiger partial charge in [-0.3, -0.25) is 19.2 Å². The number of terminal acetylenes is 1. The number of likely N-dealkylation sites (tertiary alicyclic amines) is 1. The number of nitrogens with one attached hydrogen (secondary N) is 4. The van der Waals surface area contributed by atoms with Crippen LogP contribution in [0.5, 0.6) is 0 Å². The number of nitrogens with zero attached hydrogens (tertiary/aromatic N) is 1. The quantitative estimate of drug-likeness (QED) is 0.192. The molecule has 3 unspecified atom stereocenters. The summed E-state index contributed by atoms with van der Waals surface area (Å²) < 4.78 is 25.5. The van der Waals surface area contributed by atoms with Gasteiger partial charge in [-0.2, -0.15) is 0 Å². The van der Waals surface area contributed by atoms with Crippen molar-refractivity contribution in [1.82, 2.24) is 26.2 Å². The number of urea groups is 1. The molecule has 1 saturated heterocycles. The summed E-state index contributed by atoms with van der Waals surface area (Å²) in [6.07, 6.45) is 9.12. The van der Waals surface area contributed by atoms with E-state index < -0.39 is 73.2 Å². The van der Waals surface area contributed by atoms with E-state index in [1.807, 2.05) is 34.6 Å². The first kappa shape index (κ1) is 38.3. The summed E-state index contributed by atoms with van der Waals surface area (Å²) in [4.78, 5) is 68.3. The third kappa shape index (κ3) is 8.30. The fourth-order valence-corrected chi connectivity index (χ4v) is 8.71. The van der Waals surface area contributed by atoms with Gasteiger partial charge in [0, 0.05) is 20.0 Å². The molecule has 3 fully saturated rings. The molecule has 0 aromatic heterocycles. The van der Waals surface area contributed by atoms with Crippen molar-refractivity contribution in [2.75, 3.05) is 19.3 Å². The van der Waals surface area contributed by atoms with Crippen LogP contribution in [-0.2, 0) is 29.0 Å². The Labute approximate surface area is 280 Å². The van der Waals surface area contributed by atoms with Crippen molar-refractivity contribution in [3.63, 3.8) is 0 Å². The molecule has 12 nitrogen and oxygen atoms in total. The minimum absolute atomic E-state index is 0.0311. The second-order valence-electron chi connectivity index (χ2n) is 16.2. The van der Waals surface area contributed by atoms with E-state index in [0.717, 1.165) is 19.3 Å². The van der Waals surface area contributed by atoms with Crippen LogP contribution in [-0.4, -0.2) is 90.6 Å². The summed E-state index contributed by atoms with van der Waals surface area (Å²) >= 11 is 0. The maximum Gasteiger partial charge on any atom is 0.315 e. The number of fused-ring (bicyclic) bond motifs is 1. The highest BCUT2D eigenvalue weighted by atomic mass is 32.2. The van der Waals surface area contributed by atoms with Gasteiger partial charge in [0.05, 0.1) is 22.1 Å². The Morgan fingerprint density at radius 2 is 1.57 bits per heavy atom. The van der Waals surface area contributed by atoms with Crippen molar-refractivity contribution in [3.05, 3.63) is 0 Å². The van der Waals surface area contributed by atoms with E-state index in [2.05, 4.69) is 27.2 Å². The molecule has 1 heterocycles. The molecule has 2 aliphatic carbocycles. The topological polar surface area (TPSA) is 171 Å². The van der Waals surface area contributed by atoms with Gasteiger partial charge in [-0.1, -0.05) is 53.9 Å². The molecule has 4 N–H and O–H groups in total. The number of rotatable bonds is 11. The SMILES string of the molecule is C#CCCC(NC(=O)C1[C@H]2C(CN1C(=O)[C@@H](NC(=O)NC1(CS(=O)(=O)C(C)(C)C)CCCCC1)C(C)(C)C)C2(C)C)C(=O)C(=O)NC. The summed E-state index contributed by atoms with van der Waals surface area (Å²) in [7, 11) is -2.24. The van der Waals surface area contributed by atoms with Gasteiger partial charge in [0.1, 0.15) is 12.1 Å². The number of carbonyl (C=O) groups is 5. The zero-order valence-electron chi connectivity index (χ0n) is 29.5. The van der Waals surface area contributed by atoms with E-state index in [-0.39, 0.29) is 42.4 Å². The number of likely N-dealkylation sites (N-methyl/N-ethyl adjacent to an activating group) is 1.